The first-order valence-electron chi connectivity index (χ1n) is 8.98. The van der Waals surface area contributed by atoms with Crippen molar-refractivity contribution in [1.82, 2.24) is 5.32 Å². The minimum atomic E-state index is -0.582. The number of anilines is 1. The summed E-state index contributed by atoms with van der Waals surface area (Å²) in [5.41, 5.74) is 0.705. The fraction of sp³-hybridized carbons (Fsp3) is 0.400. The number of amides is 1. The molecule has 3 rings (SSSR count). The Labute approximate surface area is 164 Å². The van der Waals surface area contributed by atoms with Crippen LogP contribution in [0.25, 0.3) is 0 Å². The van der Waals surface area contributed by atoms with Crippen LogP contribution in [0, 0.1) is 6.92 Å². The predicted octanol–water partition coefficient (Wildman–Crippen LogP) is 3.49. The van der Waals surface area contributed by atoms with Gasteiger partial charge in [0.1, 0.15) is 17.1 Å². The molecule has 1 aromatic carbocycles. The molecule has 0 radical (unpaired) electrons. The van der Waals surface area contributed by atoms with E-state index in [4.69, 9.17) is 9.15 Å². The lowest BCUT2D eigenvalue weighted by Gasteiger charge is -2.21. The van der Waals surface area contributed by atoms with Crippen LogP contribution in [-0.4, -0.2) is 25.6 Å². The first-order valence-corrected chi connectivity index (χ1v) is 8.98. The van der Waals surface area contributed by atoms with Crippen molar-refractivity contribution in [2.45, 2.75) is 32.6 Å². The maximum atomic E-state index is 12.5. The lowest BCUT2D eigenvalue weighted by Crippen LogP contribution is -2.28. The van der Waals surface area contributed by atoms with Crippen LogP contribution in [-0.2, 0) is 0 Å². The molecule has 0 saturated carbocycles. The second-order valence-corrected chi connectivity index (χ2v) is 6.43. The molecule has 1 fully saturated rings. The third-order valence-corrected chi connectivity index (χ3v) is 4.56. The summed E-state index contributed by atoms with van der Waals surface area (Å²) in [6.07, 6.45) is 1.86. The highest BCUT2D eigenvalue weighted by Crippen LogP contribution is 2.25. The molecule has 1 aliphatic rings. The van der Waals surface area contributed by atoms with E-state index in [1.54, 1.807) is 31.2 Å². The third-order valence-electron chi connectivity index (χ3n) is 4.56. The van der Waals surface area contributed by atoms with Gasteiger partial charge >= 0.3 is 5.63 Å². The van der Waals surface area contributed by atoms with Crippen molar-refractivity contribution < 1.29 is 13.9 Å². The van der Waals surface area contributed by atoms with Gasteiger partial charge in [-0.25, -0.2) is 4.79 Å². The Balaban J connectivity index is 0.00000261. The zero-order chi connectivity index (χ0) is 18.5. The minimum absolute atomic E-state index is 0. The number of carbonyl (C=O) groups excluding carboxylic acids is 1. The summed E-state index contributed by atoms with van der Waals surface area (Å²) >= 11 is 0. The van der Waals surface area contributed by atoms with Gasteiger partial charge in [-0.1, -0.05) is 0 Å². The van der Waals surface area contributed by atoms with E-state index >= 15 is 0 Å². The number of piperidine rings is 1. The van der Waals surface area contributed by atoms with E-state index in [-0.39, 0.29) is 23.9 Å². The molecule has 0 bridgehead atoms. The Kier molecular flexibility index (Phi) is 7.45. The van der Waals surface area contributed by atoms with Gasteiger partial charge < -0.3 is 19.8 Å². The van der Waals surface area contributed by atoms with E-state index in [0.717, 1.165) is 31.7 Å². The molecule has 7 heteroatoms. The summed E-state index contributed by atoms with van der Waals surface area (Å²) in [5.74, 6) is 1.17. The van der Waals surface area contributed by atoms with E-state index in [1.165, 1.54) is 0 Å². The van der Waals surface area contributed by atoms with Gasteiger partial charge in [0.25, 0.3) is 5.91 Å². The average Bonchev–Trinajstić information content (AvgIpc) is 2.64. The first kappa shape index (κ1) is 21.0. The lowest BCUT2D eigenvalue weighted by molar-refractivity contribution is 0.102. The van der Waals surface area contributed by atoms with E-state index in [0.29, 0.717) is 23.6 Å². The maximum absolute atomic E-state index is 12.5. The zero-order valence-electron chi connectivity index (χ0n) is 15.5. The van der Waals surface area contributed by atoms with Crippen LogP contribution in [0.5, 0.6) is 5.75 Å². The zero-order valence-corrected chi connectivity index (χ0v) is 16.4. The van der Waals surface area contributed by atoms with Gasteiger partial charge in [-0.15, -0.1) is 12.4 Å². The molecule has 1 saturated heterocycles. The minimum Gasteiger partial charge on any atom is -0.494 e. The van der Waals surface area contributed by atoms with Crippen LogP contribution < -0.4 is 21.0 Å². The largest absolute Gasteiger partial charge is 0.494 e. The Hall–Kier alpha value is -2.31. The summed E-state index contributed by atoms with van der Waals surface area (Å²) in [7, 11) is 0. The smallest absolute Gasteiger partial charge is 0.349 e. The number of carbonyl (C=O) groups is 1. The van der Waals surface area contributed by atoms with E-state index < -0.39 is 11.5 Å². The van der Waals surface area contributed by atoms with Crippen molar-refractivity contribution in [3.63, 3.8) is 0 Å². The molecule has 0 atom stereocenters. The Morgan fingerprint density at radius 3 is 2.52 bits per heavy atom. The molecule has 0 spiro atoms. The molecule has 1 amide bonds. The maximum Gasteiger partial charge on any atom is 0.349 e. The Bertz CT molecular complexity index is 827. The molecule has 6 nitrogen and oxygen atoms in total. The number of halogens is 1. The van der Waals surface area contributed by atoms with Crippen LogP contribution >= 0.6 is 12.4 Å². The number of nitrogens with one attached hydrogen (secondary N) is 2. The summed E-state index contributed by atoms with van der Waals surface area (Å²) in [6.45, 7) is 6.08. The highest BCUT2D eigenvalue weighted by Gasteiger charge is 2.22. The molecule has 0 unspecified atom stereocenters. The van der Waals surface area contributed by atoms with Gasteiger partial charge in [-0.3, -0.25) is 4.79 Å². The number of hydrogen-bond acceptors (Lipinski definition) is 5. The van der Waals surface area contributed by atoms with Crippen LogP contribution in [0.15, 0.2) is 39.5 Å². The van der Waals surface area contributed by atoms with Gasteiger partial charge in [-0.05, 0) is 75.7 Å². The van der Waals surface area contributed by atoms with E-state index in [1.807, 2.05) is 13.0 Å². The van der Waals surface area contributed by atoms with Gasteiger partial charge in [0, 0.05) is 11.6 Å². The normalized spacial score (nSPS) is 14.3. The average molecular weight is 393 g/mol. The summed E-state index contributed by atoms with van der Waals surface area (Å²) < 4.78 is 10.9. The molecular formula is C20H25ClN2O4. The second kappa shape index (κ2) is 9.58. The van der Waals surface area contributed by atoms with Crippen LogP contribution in [0.1, 0.15) is 47.4 Å². The van der Waals surface area contributed by atoms with Crippen molar-refractivity contribution in [1.29, 1.82) is 0 Å². The van der Waals surface area contributed by atoms with Crippen molar-refractivity contribution in [2.75, 3.05) is 25.0 Å². The molecular weight excluding hydrogens is 368 g/mol. The summed E-state index contributed by atoms with van der Waals surface area (Å²) in [5, 5.41) is 6.03. The molecule has 2 heterocycles. The summed E-state index contributed by atoms with van der Waals surface area (Å²) in [6, 6.07) is 8.85. The number of ether oxygens (including phenoxy) is 1. The highest BCUT2D eigenvalue weighted by atomic mass is 35.5. The van der Waals surface area contributed by atoms with E-state index in [9.17, 15) is 9.59 Å². The van der Waals surface area contributed by atoms with Crippen molar-refractivity contribution in [3.05, 3.63) is 57.6 Å². The van der Waals surface area contributed by atoms with Crippen LogP contribution in [0.3, 0.4) is 0 Å². The quantitative estimate of drug-likeness (QED) is 0.814. The highest BCUT2D eigenvalue weighted by molar-refractivity contribution is 6.04. The lowest BCUT2D eigenvalue weighted by atomic mass is 9.94. The van der Waals surface area contributed by atoms with Gasteiger partial charge in [0.05, 0.1) is 6.61 Å². The molecule has 0 aliphatic carbocycles. The third kappa shape index (κ3) is 5.11. The number of rotatable bonds is 5. The molecule has 2 N–H and O–H groups in total. The molecule has 1 aromatic heterocycles. The molecule has 1 aliphatic heterocycles. The topological polar surface area (TPSA) is 80.6 Å². The SMILES string of the molecule is CCOc1ccc(NC(=O)c2c(C)cc(C3CCNCC3)oc2=O)cc1.Cl. The van der Waals surface area contributed by atoms with Gasteiger partial charge in [0.15, 0.2) is 0 Å². The standard InChI is InChI=1S/C20H24N2O4.ClH/c1-3-25-16-6-4-15(5-7-16)22-19(23)18-13(2)12-17(26-20(18)24)14-8-10-21-11-9-14;/h4-7,12,14,21H,3,8-11H2,1-2H3,(H,22,23);1H. The first-order chi connectivity index (χ1) is 12.6. The number of hydrogen-bond donors (Lipinski definition) is 2. The van der Waals surface area contributed by atoms with Crippen molar-refractivity contribution in [3.8, 4) is 5.75 Å². The Morgan fingerprint density at radius 1 is 1.26 bits per heavy atom. The summed E-state index contributed by atoms with van der Waals surface area (Å²) in [4.78, 5) is 25.0. The molecule has 146 valence electrons. The molecule has 27 heavy (non-hydrogen) atoms. The number of benzene rings is 1. The van der Waals surface area contributed by atoms with Gasteiger partial charge in [0.2, 0.25) is 0 Å². The molecule has 2 aromatic rings. The fourth-order valence-corrected chi connectivity index (χ4v) is 3.21. The second-order valence-electron chi connectivity index (χ2n) is 6.43. The van der Waals surface area contributed by atoms with Gasteiger partial charge in [-0.2, -0.15) is 0 Å². The Morgan fingerprint density at radius 2 is 1.93 bits per heavy atom. The van der Waals surface area contributed by atoms with Crippen molar-refractivity contribution in [2.24, 2.45) is 0 Å². The predicted molar refractivity (Wildman–Crippen MR) is 107 cm³/mol. The van der Waals surface area contributed by atoms with Crippen molar-refractivity contribution >= 4 is 24.0 Å². The van der Waals surface area contributed by atoms with E-state index in [2.05, 4.69) is 10.6 Å². The van der Waals surface area contributed by atoms with Crippen LogP contribution in [0.2, 0.25) is 0 Å². The van der Waals surface area contributed by atoms with Crippen LogP contribution in [0.4, 0.5) is 5.69 Å². The monoisotopic (exact) mass is 392 g/mol. The fourth-order valence-electron chi connectivity index (χ4n) is 3.21. The number of aryl methyl sites for hydroxylation is 1.